The van der Waals surface area contributed by atoms with Crippen LogP contribution in [-0.2, 0) is 4.79 Å². The molecule has 0 amide bonds. The SMILES string of the molecule is CC(=O)C1CCCC2=C1CCCC2. The van der Waals surface area contributed by atoms with E-state index in [1.807, 2.05) is 0 Å². The summed E-state index contributed by atoms with van der Waals surface area (Å²) in [7, 11) is 0. The molecule has 0 heterocycles. The minimum atomic E-state index is 0.309. The molecular weight excluding hydrogens is 160 g/mol. The predicted octanol–water partition coefficient (Wildman–Crippen LogP) is 3.25. The summed E-state index contributed by atoms with van der Waals surface area (Å²) in [5.74, 6) is 0.707. The molecule has 0 fully saturated rings. The molecule has 1 atom stereocenters. The topological polar surface area (TPSA) is 17.1 Å². The van der Waals surface area contributed by atoms with Crippen LogP contribution in [0.1, 0.15) is 51.9 Å². The number of rotatable bonds is 1. The molecule has 13 heavy (non-hydrogen) atoms. The highest BCUT2D eigenvalue weighted by atomic mass is 16.1. The van der Waals surface area contributed by atoms with E-state index in [2.05, 4.69) is 0 Å². The Morgan fingerprint density at radius 3 is 2.62 bits per heavy atom. The first-order valence-electron chi connectivity index (χ1n) is 5.50. The Bertz CT molecular complexity index is 246. The minimum absolute atomic E-state index is 0.309. The van der Waals surface area contributed by atoms with Crippen molar-refractivity contribution in [1.29, 1.82) is 0 Å². The summed E-state index contributed by atoms with van der Waals surface area (Å²) < 4.78 is 0. The summed E-state index contributed by atoms with van der Waals surface area (Å²) in [5.41, 5.74) is 3.17. The Morgan fingerprint density at radius 2 is 1.85 bits per heavy atom. The van der Waals surface area contributed by atoms with Gasteiger partial charge in [0.15, 0.2) is 0 Å². The molecule has 72 valence electrons. The zero-order chi connectivity index (χ0) is 9.26. The zero-order valence-electron chi connectivity index (χ0n) is 8.44. The second kappa shape index (κ2) is 3.65. The molecule has 2 aliphatic rings. The molecule has 1 nitrogen and oxygen atoms in total. The summed E-state index contributed by atoms with van der Waals surface area (Å²) in [5, 5.41) is 0. The second-order valence-corrected chi connectivity index (χ2v) is 4.39. The first-order chi connectivity index (χ1) is 6.29. The number of Topliss-reactive ketones (excluding diaryl/α,β-unsaturated/α-hetero) is 1. The van der Waals surface area contributed by atoms with E-state index in [9.17, 15) is 4.79 Å². The van der Waals surface area contributed by atoms with Crippen LogP contribution in [0.3, 0.4) is 0 Å². The molecule has 2 rings (SSSR count). The van der Waals surface area contributed by atoms with E-state index in [1.54, 1.807) is 12.5 Å². The first-order valence-corrected chi connectivity index (χ1v) is 5.50. The quantitative estimate of drug-likeness (QED) is 0.563. The van der Waals surface area contributed by atoms with Crippen LogP contribution in [0.25, 0.3) is 0 Å². The van der Waals surface area contributed by atoms with Gasteiger partial charge in [0, 0.05) is 5.92 Å². The van der Waals surface area contributed by atoms with Crippen molar-refractivity contribution in [3.63, 3.8) is 0 Å². The molecule has 0 saturated heterocycles. The number of hydrogen-bond acceptors (Lipinski definition) is 1. The Hall–Kier alpha value is -0.590. The van der Waals surface area contributed by atoms with Crippen LogP contribution in [0.5, 0.6) is 0 Å². The largest absolute Gasteiger partial charge is 0.299 e. The second-order valence-electron chi connectivity index (χ2n) is 4.39. The molecule has 0 bridgehead atoms. The lowest BCUT2D eigenvalue weighted by molar-refractivity contribution is -0.120. The van der Waals surface area contributed by atoms with E-state index in [0.717, 1.165) is 6.42 Å². The van der Waals surface area contributed by atoms with Crippen molar-refractivity contribution >= 4 is 5.78 Å². The van der Waals surface area contributed by atoms with Gasteiger partial charge in [0.2, 0.25) is 0 Å². The maximum atomic E-state index is 11.4. The summed E-state index contributed by atoms with van der Waals surface area (Å²) in [4.78, 5) is 11.4. The predicted molar refractivity (Wildman–Crippen MR) is 53.5 cm³/mol. The van der Waals surface area contributed by atoms with Gasteiger partial charge in [0.25, 0.3) is 0 Å². The Labute approximate surface area is 80.2 Å². The van der Waals surface area contributed by atoms with E-state index in [1.165, 1.54) is 44.1 Å². The molecule has 0 N–H and O–H groups in total. The van der Waals surface area contributed by atoms with E-state index >= 15 is 0 Å². The highest BCUT2D eigenvalue weighted by Crippen LogP contribution is 2.39. The third-order valence-corrected chi connectivity index (χ3v) is 3.51. The fourth-order valence-corrected chi connectivity index (χ4v) is 2.84. The van der Waals surface area contributed by atoms with Crippen molar-refractivity contribution in [1.82, 2.24) is 0 Å². The highest BCUT2D eigenvalue weighted by molar-refractivity contribution is 5.81. The van der Waals surface area contributed by atoms with Gasteiger partial charge in [0.05, 0.1) is 0 Å². The Balaban J connectivity index is 2.25. The number of allylic oxidation sites excluding steroid dienone is 2. The summed E-state index contributed by atoms with van der Waals surface area (Å²) in [6.45, 7) is 1.76. The number of hydrogen-bond donors (Lipinski definition) is 0. The van der Waals surface area contributed by atoms with Crippen molar-refractivity contribution in [3.8, 4) is 0 Å². The third-order valence-electron chi connectivity index (χ3n) is 3.51. The van der Waals surface area contributed by atoms with E-state index in [-0.39, 0.29) is 0 Å². The van der Waals surface area contributed by atoms with Gasteiger partial charge >= 0.3 is 0 Å². The molecule has 0 aliphatic heterocycles. The van der Waals surface area contributed by atoms with Crippen LogP contribution in [0.15, 0.2) is 11.1 Å². The lowest BCUT2D eigenvalue weighted by atomic mass is 9.74. The highest BCUT2D eigenvalue weighted by Gasteiger charge is 2.27. The maximum absolute atomic E-state index is 11.4. The van der Waals surface area contributed by atoms with Gasteiger partial charge in [-0.1, -0.05) is 11.1 Å². The van der Waals surface area contributed by atoms with Crippen molar-refractivity contribution in [3.05, 3.63) is 11.1 Å². The molecule has 0 aromatic rings. The molecule has 0 spiro atoms. The first kappa shape index (κ1) is 8.98. The van der Waals surface area contributed by atoms with Gasteiger partial charge in [-0.2, -0.15) is 0 Å². The molecule has 1 unspecified atom stereocenters. The molecule has 2 aliphatic carbocycles. The molecule has 0 aromatic heterocycles. The van der Waals surface area contributed by atoms with Crippen LogP contribution < -0.4 is 0 Å². The standard InChI is InChI=1S/C12H18O/c1-9(13)11-8-4-6-10-5-2-3-7-12(10)11/h11H,2-8H2,1H3. The number of carbonyl (C=O) groups is 1. The van der Waals surface area contributed by atoms with Crippen LogP contribution in [0.4, 0.5) is 0 Å². The van der Waals surface area contributed by atoms with E-state index < -0.39 is 0 Å². The summed E-state index contributed by atoms with van der Waals surface area (Å²) >= 11 is 0. The smallest absolute Gasteiger partial charge is 0.136 e. The third kappa shape index (κ3) is 1.70. The van der Waals surface area contributed by atoms with Gasteiger partial charge in [-0.25, -0.2) is 0 Å². The van der Waals surface area contributed by atoms with Crippen molar-refractivity contribution < 1.29 is 4.79 Å². The van der Waals surface area contributed by atoms with Crippen molar-refractivity contribution in [2.75, 3.05) is 0 Å². The summed E-state index contributed by atoms with van der Waals surface area (Å²) in [6, 6.07) is 0. The fourth-order valence-electron chi connectivity index (χ4n) is 2.84. The zero-order valence-corrected chi connectivity index (χ0v) is 8.44. The lowest BCUT2D eigenvalue weighted by Crippen LogP contribution is -2.21. The van der Waals surface area contributed by atoms with E-state index in [4.69, 9.17) is 0 Å². The van der Waals surface area contributed by atoms with Gasteiger partial charge in [-0.05, 0) is 51.9 Å². The lowest BCUT2D eigenvalue weighted by Gasteiger charge is -2.30. The normalized spacial score (nSPS) is 28.5. The fraction of sp³-hybridized carbons (Fsp3) is 0.750. The molecule has 0 aromatic carbocycles. The summed E-state index contributed by atoms with van der Waals surface area (Å²) in [6.07, 6.45) is 8.78. The monoisotopic (exact) mass is 178 g/mol. The van der Waals surface area contributed by atoms with Gasteiger partial charge in [0.1, 0.15) is 5.78 Å². The van der Waals surface area contributed by atoms with Crippen LogP contribution in [0, 0.1) is 5.92 Å². The van der Waals surface area contributed by atoms with E-state index in [0.29, 0.717) is 11.7 Å². The minimum Gasteiger partial charge on any atom is -0.299 e. The maximum Gasteiger partial charge on any atom is 0.136 e. The van der Waals surface area contributed by atoms with Gasteiger partial charge < -0.3 is 0 Å². The molecular formula is C12H18O. The average molecular weight is 178 g/mol. The molecule has 0 saturated carbocycles. The van der Waals surface area contributed by atoms with Crippen LogP contribution in [0.2, 0.25) is 0 Å². The Kier molecular flexibility index (Phi) is 2.52. The Morgan fingerprint density at radius 1 is 1.15 bits per heavy atom. The molecule has 0 radical (unpaired) electrons. The van der Waals surface area contributed by atoms with Crippen LogP contribution in [-0.4, -0.2) is 5.78 Å². The van der Waals surface area contributed by atoms with Gasteiger partial charge in [-0.15, -0.1) is 0 Å². The van der Waals surface area contributed by atoms with Gasteiger partial charge in [-0.3, -0.25) is 4.79 Å². The number of carbonyl (C=O) groups excluding carboxylic acids is 1. The average Bonchev–Trinajstić information content (AvgIpc) is 2.17. The van der Waals surface area contributed by atoms with Crippen molar-refractivity contribution in [2.24, 2.45) is 5.92 Å². The van der Waals surface area contributed by atoms with Crippen molar-refractivity contribution in [2.45, 2.75) is 51.9 Å². The number of ketones is 1. The van der Waals surface area contributed by atoms with Crippen LogP contribution >= 0.6 is 0 Å². The molecule has 1 heteroatoms.